The minimum absolute atomic E-state index is 0.260. The smallest absolute Gasteiger partial charge is 0.439 e. The summed E-state index contributed by atoms with van der Waals surface area (Å²) in [5.74, 6) is -5.57. The molecule has 2 N–H and O–H groups in total. The average molecular weight is 472 g/mol. The average Bonchev–Trinajstić information content (AvgIpc) is 2.67. The summed E-state index contributed by atoms with van der Waals surface area (Å²) in [4.78, 5) is 23.7. The Morgan fingerprint density at radius 2 is 1.56 bits per heavy atom. The number of urea groups is 1. The number of carbonyl (C=O) groups is 2. The lowest BCUT2D eigenvalue weighted by atomic mass is 10.2. The highest BCUT2D eigenvalue weighted by Gasteiger charge is 2.59. The van der Waals surface area contributed by atoms with Crippen LogP contribution in [-0.4, -0.2) is 37.5 Å². The number of methoxy groups -OCH3 is 1. The Bertz CT molecular complexity index is 993. The monoisotopic (exact) mass is 472 g/mol. The number of hydrogen-bond donors (Lipinski definition) is 2. The summed E-state index contributed by atoms with van der Waals surface area (Å²) < 4.78 is 112. The molecular formula is C18H12F8N2O4. The molecule has 2 aromatic carbocycles. The molecule has 174 valence electrons. The Labute approximate surface area is 174 Å². The first kappa shape index (κ1) is 24.7. The van der Waals surface area contributed by atoms with E-state index in [0.29, 0.717) is 6.07 Å². The molecule has 0 saturated carbocycles. The molecule has 1 unspecified atom stereocenters. The number of amides is 3. The van der Waals surface area contributed by atoms with Crippen molar-refractivity contribution in [1.82, 2.24) is 5.32 Å². The van der Waals surface area contributed by atoms with Crippen LogP contribution >= 0.6 is 0 Å². The molecule has 2 aromatic rings. The van der Waals surface area contributed by atoms with Gasteiger partial charge >= 0.3 is 18.3 Å². The van der Waals surface area contributed by atoms with Gasteiger partial charge in [-0.1, -0.05) is 6.07 Å². The zero-order valence-corrected chi connectivity index (χ0v) is 15.7. The third-order valence-electron chi connectivity index (χ3n) is 3.67. The van der Waals surface area contributed by atoms with Crippen molar-refractivity contribution in [1.29, 1.82) is 0 Å². The number of anilines is 1. The van der Waals surface area contributed by atoms with E-state index < -0.39 is 59.1 Å². The summed E-state index contributed by atoms with van der Waals surface area (Å²) in [7, 11) is 0.908. The highest BCUT2D eigenvalue weighted by molar-refractivity contribution is 6.08. The molecule has 0 fully saturated rings. The Balaban J connectivity index is 2.14. The third kappa shape index (κ3) is 5.76. The van der Waals surface area contributed by atoms with E-state index in [0.717, 1.165) is 37.4 Å². The number of carbonyl (C=O) groups excluding carboxylic acids is 2. The molecular weight excluding hydrogens is 460 g/mol. The van der Waals surface area contributed by atoms with E-state index >= 15 is 0 Å². The van der Waals surface area contributed by atoms with Crippen LogP contribution in [0, 0.1) is 11.6 Å². The van der Waals surface area contributed by atoms with Crippen LogP contribution in [-0.2, 0) is 0 Å². The molecule has 2 rings (SSSR count). The Morgan fingerprint density at radius 3 is 2.09 bits per heavy atom. The van der Waals surface area contributed by atoms with E-state index in [2.05, 4.69) is 9.47 Å². The van der Waals surface area contributed by atoms with Gasteiger partial charge in [-0.05, 0) is 24.3 Å². The first-order valence-electron chi connectivity index (χ1n) is 8.28. The van der Waals surface area contributed by atoms with Crippen molar-refractivity contribution in [3.05, 3.63) is 53.6 Å². The van der Waals surface area contributed by atoms with Crippen molar-refractivity contribution < 1.29 is 54.2 Å². The van der Waals surface area contributed by atoms with Crippen LogP contribution in [0.4, 0.5) is 45.6 Å². The molecule has 0 aromatic heterocycles. The van der Waals surface area contributed by atoms with Gasteiger partial charge in [0.05, 0.1) is 7.11 Å². The van der Waals surface area contributed by atoms with Crippen molar-refractivity contribution in [3.8, 4) is 11.5 Å². The number of ether oxygens (including phenoxy) is 2. The molecule has 0 saturated heterocycles. The summed E-state index contributed by atoms with van der Waals surface area (Å²) in [6, 6.07) is 3.48. The highest BCUT2D eigenvalue weighted by Crippen LogP contribution is 2.40. The van der Waals surface area contributed by atoms with Crippen LogP contribution in [0.5, 0.6) is 11.5 Å². The molecule has 0 aliphatic heterocycles. The normalized spacial score (nSPS) is 12.7. The minimum Gasteiger partial charge on any atom is -0.493 e. The first-order chi connectivity index (χ1) is 14.8. The molecule has 0 aliphatic carbocycles. The molecule has 14 heteroatoms. The third-order valence-corrected chi connectivity index (χ3v) is 3.67. The quantitative estimate of drug-likeness (QED) is 0.592. The van der Waals surface area contributed by atoms with Gasteiger partial charge in [-0.15, -0.1) is 0 Å². The maximum atomic E-state index is 13.6. The largest absolute Gasteiger partial charge is 0.493 e. The van der Waals surface area contributed by atoms with Gasteiger partial charge in [0.25, 0.3) is 12.1 Å². The zero-order chi connectivity index (χ0) is 24.3. The minimum atomic E-state index is -5.90. The van der Waals surface area contributed by atoms with Crippen molar-refractivity contribution in [2.45, 2.75) is 18.5 Å². The van der Waals surface area contributed by atoms with Gasteiger partial charge in [-0.25, -0.2) is 18.0 Å². The SMILES string of the molecule is COc1cc(NC(=O)NC(=O)c2c(F)cccc2F)ccc1OC(F)(F)C(F)C(F)(F)F. The summed E-state index contributed by atoms with van der Waals surface area (Å²) in [6.07, 6.45) is -15.8. The van der Waals surface area contributed by atoms with Gasteiger partial charge < -0.3 is 14.8 Å². The highest BCUT2D eigenvalue weighted by atomic mass is 19.4. The number of benzene rings is 2. The molecule has 1 atom stereocenters. The predicted octanol–water partition coefficient (Wildman–Crippen LogP) is 4.81. The lowest BCUT2D eigenvalue weighted by molar-refractivity contribution is -0.305. The fourth-order valence-electron chi connectivity index (χ4n) is 2.26. The maximum Gasteiger partial charge on any atom is 0.439 e. The Kier molecular flexibility index (Phi) is 7.16. The number of nitrogens with one attached hydrogen (secondary N) is 2. The predicted molar refractivity (Wildman–Crippen MR) is 92.4 cm³/mol. The van der Waals surface area contributed by atoms with Gasteiger partial charge in [-0.2, -0.15) is 22.0 Å². The first-order valence-corrected chi connectivity index (χ1v) is 8.28. The molecule has 0 bridgehead atoms. The van der Waals surface area contributed by atoms with Crippen LogP contribution in [0.25, 0.3) is 0 Å². The van der Waals surface area contributed by atoms with Crippen molar-refractivity contribution >= 4 is 17.6 Å². The number of alkyl halides is 6. The molecule has 3 amide bonds. The van der Waals surface area contributed by atoms with Gasteiger partial charge in [0.2, 0.25) is 0 Å². The topological polar surface area (TPSA) is 76.7 Å². The lowest BCUT2D eigenvalue weighted by Gasteiger charge is -2.24. The van der Waals surface area contributed by atoms with Crippen molar-refractivity contribution in [2.24, 2.45) is 0 Å². The van der Waals surface area contributed by atoms with Gasteiger partial charge in [0.15, 0.2) is 11.5 Å². The van der Waals surface area contributed by atoms with Gasteiger partial charge in [0, 0.05) is 11.8 Å². The van der Waals surface area contributed by atoms with E-state index in [4.69, 9.17) is 0 Å². The number of imide groups is 1. The maximum absolute atomic E-state index is 13.6. The number of hydrogen-bond acceptors (Lipinski definition) is 4. The molecule has 0 radical (unpaired) electrons. The van der Waals surface area contributed by atoms with Gasteiger partial charge in [-0.3, -0.25) is 10.1 Å². The fourth-order valence-corrected chi connectivity index (χ4v) is 2.26. The standard InChI is InChI=1S/C18H12F8N2O4/c1-31-12-7-8(5-6-11(12)32-18(25,26)15(21)17(22,23)24)27-16(30)28-14(29)13-9(19)3-2-4-10(13)20/h2-7,15H,1H3,(H2,27,28,29,30). The van der Waals surface area contributed by atoms with Crippen molar-refractivity contribution in [3.63, 3.8) is 0 Å². The Hall–Kier alpha value is -3.58. The van der Waals surface area contributed by atoms with E-state index in [-0.39, 0.29) is 5.69 Å². The van der Waals surface area contributed by atoms with Crippen LogP contribution in [0.2, 0.25) is 0 Å². The molecule has 32 heavy (non-hydrogen) atoms. The summed E-state index contributed by atoms with van der Waals surface area (Å²) in [5, 5.41) is 3.61. The fraction of sp³-hybridized carbons (Fsp3) is 0.222. The number of rotatable bonds is 6. The molecule has 0 heterocycles. The van der Waals surface area contributed by atoms with Crippen molar-refractivity contribution in [2.75, 3.05) is 12.4 Å². The van der Waals surface area contributed by atoms with Crippen LogP contribution in [0.3, 0.4) is 0 Å². The van der Waals surface area contributed by atoms with E-state index in [1.807, 2.05) is 5.32 Å². The van der Waals surface area contributed by atoms with E-state index in [1.54, 1.807) is 5.32 Å². The lowest BCUT2D eigenvalue weighted by Crippen LogP contribution is -2.45. The Morgan fingerprint density at radius 1 is 0.969 bits per heavy atom. The van der Waals surface area contributed by atoms with E-state index in [1.165, 1.54) is 0 Å². The summed E-state index contributed by atoms with van der Waals surface area (Å²) >= 11 is 0. The zero-order valence-electron chi connectivity index (χ0n) is 15.7. The second kappa shape index (κ2) is 9.28. The summed E-state index contributed by atoms with van der Waals surface area (Å²) in [5.41, 5.74) is -1.30. The molecule has 0 aliphatic rings. The second-order valence-corrected chi connectivity index (χ2v) is 5.94. The van der Waals surface area contributed by atoms with E-state index in [9.17, 15) is 44.7 Å². The van der Waals surface area contributed by atoms with Gasteiger partial charge in [0.1, 0.15) is 17.2 Å². The molecule has 6 nitrogen and oxygen atoms in total. The molecule has 0 spiro atoms. The van der Waals surface area contributed by atoms with Crippen LogP contribution < -0.4 is 20.1 Å². The van der Waals surface area contributed by atoms with Crippen LogP contribution in [0.15, 0.2) is 36.4 Å². The number of halogens is 8. The second-order valence-electron chi connectivity index (χ2n) is 5.94. The summed E-state index contributed by atoms with van der Waals surface area (Å²) in [6.45, 7) is 0. The van der Waals surface area contributed by atoms with Crippen LogP contribution in [0.1, 0.15) is 10.4 Å².